The smallest absolute Gasteiger partial charge is 0.338 e. The number of nitrogens with one attached hydrogen (secondary N) is 1. The summed E-state index contributed by atoms with van der Waals surface area (Å²) < 4.78 is 5.14. The van der Waals surface area contributed by atoms with Gasteiger partial charge in [0.25, 0.3) is 5.91 Å². The number of nitrogens with zero attached hydrogens (tertiary/aromatic N) is 1. The Morgan fingerprint density at radius 2 is 1.65 bits per heavy atom. The molecule has 1 aliphatic heterocycles. The first-order chi connectivity index (χ1) is 16.3. The van der Waals surface area contributed by atoms with E-state index in [1.54, 1.807) is 24.3 Å². The molecule has 0 unspecified atom stereocenters. The molecule has 3 aliphatic rings. The van der Waals surface area contributed by atoms with Crippen molar-refractivity contribution in [2.45, 2.75) is 24.1 Å². The fourth-order valence-corrected chi connectivity index (χ4v) is 6.40. The summed E-state index contributed by atoms with van der Waals surface area (Å²) in [6, 6.07) is 13.3. The topological polar surface area (TPSA) is 92.8 Å². The van der Waals surface area contributed by atoms with Crippen molar-refractivity contribution < 1.29 is 23.9 Å². The van der Waals surface area contributed by atoms with Crippen LogP contribution < -0.4 is 10.2 Å². The van der Waals surface area contributed by atoms with Gasteiger partial charge in [0, 0.05) is 5.69 Å². The highest BCUT2D eigenvalue weighted by atomic mass is 35.5. The van der Waals surface area contributed by atoms with E-state index in [1.165, 1.54) is 12.1 Å². The van der Waals surface area contributed by atoms with Gasteiger partial charge in [-0.3, -0.25) is 19.3 Å². The van der Waals surface area contributed by atoms with E-state index in [0.717, 1.165) is 10.5 Å². The zero-order valence-electron chi connectivity index (χ0n) is 18.2. The van der Waals surface area contributed by atoms with Crippen molar-refractivity contribution in [2.24, 2.45) is 23.7 Å². The van der Waals surface area contributed by atoms with Crippen molar-refractivity contribution in [1.82, 2.24) is 0 Å². The Morgan fingerprint density at radius 3 is 2.29 bits per heavy atom. The first-order valence-electron chi connectivity index (χ1n) is 11.1. The molecule has 1 heterocycles. The summed E-state index contributed by atoms with van der Waals surface area (Å²) in [5, 5.41) is 1.99. The molecule has 3 fully saturated rings. The zero-order valence-corrected chi connectivity index (χ0v) is 19.8. The van der Waals surface area contributed by atoms with Crippen LogP contribution in [0.3, 0.4) is 0 Å². The van der Waals surface area contributed by atoms with Gasteiger partial charge in [-0.05, 0) is 61.1 Å². The van der Waals surface area contributed by atoms with Gasteiger partial charge >= 0.3 is 5.97 Å². The number of ether oxygens (including phenoxy) is 1. The third kappa shape index (κ3) is 3.77. The Bertz CT molecular complexity index is 1170. The SMILES string of the molecule is Cc1cccc(NC(=O)COC(=O)c2cccc(N3C(=O)[C@@H]4[C@H]5C[C@@H]([C@@H](Cl)[C@H]5Cl)[C@H]4C3=O)c2)c1. The van der Waals surface area contributed by atoms with Crippen LogP contribution in [0.5, 0.6) is 0 Å². The number of esters is 1. The van der Waals surface area contributed by atoms with E-state index in [-0.39, 0.29) is 40.0 Å². The van der Waals surface area contributed by atoms with Crippen LogP contribution in [0.1, 0.15) is 22.3 Å². The molecule has 5 rings (SSSR count). The molecule has 1 N–H and O–H groups in total. The molecule has 0 radical (unpaired) electrons. The van der Waals surface area contributed by atoms with Crippen molar-refractivity contribution in [3.05, 3.63) is 59.7 Å². The van der Waals surface area contributed by atoms with Crippen molar-refractivity contribution in [2.75, 3.05) is 16.8 Å². The van der Waals surface area contributed by atoms with Crippen LogP contribution in [0.25, 0.3) is 0 Å². The minimum atomic E-state index is -0.734. The largest absolute Gasteiger partial charge is 0.452 e. The highest BCUT2D eigenvalue weighted by Crippen LogP contribution is 2.59. The Morgan fingerprint density at radius 1 is 1.00 bits per heavy atom. The quantitative estimate of drug-likeness (QED) is 0.383. The van der Waals surface area contributed by atoms with Crippen molar-refractivity contribution >= 4 is 58.3 Å². The van der Waals surface area contributed by atoms with Crippen molar-refractivity contribution in [3.63, 3.8) is 0 Å². The molecule has 7 nitrogen and oxygen atoms in total. The molecule has 34 heavy (non-hydrogen) atoms. The molecule has 2 aliphatic carbocycles. The maximum Gasteiger partial charge on any atom is 0.338 e. The van der Waals surface area contributed by atoms with Gasteiger partial charge in [-0.25, -0.2) is 4.79 Å². The number of carbonyl (C=O) groups is 4. The number of alkyl halides is 2. The van der Waals surface area contributed by atoms with Gasteiger partial charge in [0.15, 0.2) is 6.61 Å². The van der Waals surface area contributed by atoms with Gasteiger partial charge in [-0.1, -0.05) is 18.2 Å². The first-order valence-corrected chi connectivity index (χ1v) is 11.9. The summed E-state index contributed by atoms with van der Waals surface area (Å²) in [5.74, 6) is -3.02. The second-order valence-electron chi connectivity index (χ2n) is 9.06. The maximum atomic E-state index is 13.2. The molecule has 2 bridgehead atoms. The van der Waals surface area contributed by atoms with Crippen molar-refractivity contribution in [3.8, 4) is 0 Å². The molecule has 2 aromatic rings. The number of halogens is 2. The molecule has 2 aromatic carbocycles. The third-order valence-electron chi connectivity index (χ3n) is 6.96. The molecule has 6 atom stereocenters. The van der Waals surface area contributed by atoms with Crippen LogP contribution in [0, 0.1) is 30.6 Å². The predicted octanol–water partition coefficient (Wildman–Crippen LogP) is 3.76. The van der Waals surface area contributed by atoms with Crippen molar-refractivity contribution in [1.29, 1.82) is 0 Å². The normalized spacial score (nSPS) is 29.3. The standard InChI is InChI=1S/C25H22Cl2N2O5/c1-12-4-2-6-14(8-12)28-18(30)11-34-25(33)13-5-3-7-15(9-13)29-23(31)19-16-10-17(20(19)24(29)32)22(27)21(16)26/h2-9,16-17,19-22H,10-11H2,1H3,(H,28,30)/t16-,17-,19-,20-,21-,22+/m1/s1. The number of hydrogen-bond acceptors (Lipinski definition) is 5. The maximum absolute atomic E-state index is 13.2. The monoisotopic (exact) mass is 500 g/mol. The number of imide groups is 1. The number of benzene rings is 2. The van der Waals surface area contributed by atoms with Gasteiger partial charge < -0.3 is 10.1 Å². The number of anilines is 2. The molecule has 1 saturated heterocycles. The molecule has 3 amide bonds. The Kier molecular flexibility index (Phi) is 5.86. The van der Waals surface area contributed by atoms with Gasteiger partial charge in [0.05, 0.1) is 33.8 Å². The van der Waals surface area contributed by atoms with E-state index >= 15 is 0 Å². The first kappa shape index (κ1) is 22.9. The molecule has 176 valence electrons. The average Bonchev–Trinajstić information content (AvgIpc) is 3.42. The van der Waals surface area contributed by atoms with E-state index in [2.05, 4.69) is 5.32 Å². The van der Waals surface area contributed by atoms with Crippen LogP contribution >= 0.6 is 23.2 Å². The average molecular weight is 501 g/mol. The van der Waals surface area contributed by atoms with E-state index < -0.39 is 30.3 Å². The molecule has 0 aromatic heterocycles. The zero-order chi connectivity index (χ0) is 24.1. The fourth-order valence-electron chi connectivity index (χ4n) is 5.51. The van der Waals surface area contributed by atoms with Crippen LogP contribution in [-0.4, -0.2) is 41.1 Å². The highest BCUT2D eigenvalue weighted by Gasteiger charge is 2.66. The van der Waals surface area contributed by atoms with Crippen LogP contribution in [-0.2, 0) is 19.1 Å². The number of aryl methyl sites for hydroxylation is 1. The predicted molar refractivity (Wildman–Crippen MR) is 127 cm³/mol. The number of fused-ring (bicyclic) bond motifs is 5. The second-order valence-corrected chi connectivity index (χ2v) is 10.1. The molecular formula is C25H22Cl2N2O5. The van der Waals surface area contributed by atoms with E-state index in [0.29, 0.717) is 17.8 Å². The highest BCUT2D eigenvalue weighted by molar-refractivity contribution is 6.32. The van der Waals surface area contributed by atoms with E-state index in [1.807, 2.05) is 19.1 Å². The lowest BCUT2D eigenvalue weighted by Gasteiger charge is -2.28. The second kappa shape index (κ2) is 8.71. The lowest BCUT2D eigenvalue weighted by atomic mass is 9.80. The van der Waals surface area contributed by atoms with Gasteiger partial charge in [0.1, 0.15) is 0 Å². The summed E-state index contributed by atoms with van der Waals surface area (Å²) in [6.45, 7) is 1.43. The lowest BCUT2D eigenvalue weighted by Crippen LogP contribution is -2.37. The van der Waals surface area contributed by atoms with Crippen LogP contribution in [0.2, 0.25) is 0 Å². The molecular weight excluding hydrogens is 479 g/mol. The number of carbonyl (C=O) groups excluding carboxylic acids is 4. The summed E-state index contributed by atoms with van der Waals surface area (Å²) in [5.41, 5.74) is 2.01. The Hall–Kier alpha value is -2.90. The van der Waals surface area contributed by atoms with E-state index in [4.69, 9.17) is 27.9 Å². The summed E-state index contributed by atoms with van der Waals surface area (Å²) in [7, 11) is 0. The van der Waals surface area contributed by atoms with Crippen LogP contribution in [0.15, 0.2) is 48.5 Å². The number of hydrogen-bond donors (Lipinski definition) is 1. The summed E-state index contributed by atoms with van der Waals surface area (Å²) in [4.78, 5) is 52.2. The van der Waals surface area contributed by atoms with E-state index in [9.17, 15) is 19.2 Å². The van der Waals surface area contributed by atoms with Gasteiger partial charge in [0.2, 0.25) is 11.8 Å². The van der Waals surface area contributed by atoms with Gasteiger partial charge in [-0.15, -0.1) is 23.2 Å². The fraction of sp³-hybridized carbons (Fsp3) is 0.360. The lowest BCUT2D eigenvalue weighted by molar-refractivity contribution is -0.123. The molecule has 2 saturated carbocycles. The minimum absolute atomic E-state index is 0.124. The summed E-state index contributed by atoms with van der Waals surface area (Å²) >= 11 is 12.8. The summed E-state index contributed by atoms with van der Waals surface area (Å²) in [6.07, 6.45) is 0.681. The third-order valence-corrected chi connectivity index (χ3v) is 8.28. The molecule has 0 spiro atoms. The number of rotatable bonds is 5. The molecule has 9 heteroatoms. The van der Waals surface area contributed by atoms with Gasteiger partial charge in [-0.2, -0.15) is 0 Å². The number of amides is 3. The minimum Gasteiger partial charge on any atom is -0.452 e. The Balaban J connectivity index is 1.27. The Labute approximate surface area is 206 Å². The van der Waals surface area contributed by atoms with Crippen LogP contribution in [0.4, 0.5) is 11.4 Å².